The SMILES string of the molecule is O=C(NCc1cccc(-c2cccc(CN3C[C@@H]4C[C@H]3CN4)c2)c1)c1ccc2c(c1)OCO2.O=C(O)C(F)(F)F.O=C(O)C(F)(F)F. The van der Waals surface area contributed by atoms with Crippen molar-refractivity contribution in [2.45, 2.75) is 43.9 Å². The summed E-state index contributed by atoms with van der Waals surface area (Å²) in [6, 6.07) is 23.8. The van der Waals surface area contributed by atoms with Gasteiger partial charge in [0.25, 0.3) is 5.91 Å². The molecule has 6 rings (SSSR count). The molecule has 0 saturated carbocycles. The molecular weight excluding hydrogens is 640 g/mol. The van der Waals surface area contributed by atoms with E-state index in [0.717, 1.165) is 30.8 Å². The first-order valence-electron chi connectivity index (χ1n) is 14.0. The number of carbonyl (C=O) groups excluding carboxylic acids is 1. The number of rotatable bonds is 6. The topological polar surface area (TPSA) is 137 Å². The van der Waals surface area contributed by atoms with E-state index in [1.165, 1.54) is 17.5 Å². The molecule has 47 heavy (non-hydrogen) atoms. The lowest BCUT2D eigenvalue weighted by Gasteiger charge is -2.27. The molecular formula is C31H29F6N3O7. The smallest absolute Gasteiger partial charge is 0.475 e. The van der Waals surface area contributed by atoms with Crippen LogP contribution >= 0.6 is 0 Å². The number of amides is 1. The van der Waals surface area contributed by atoms with Crippen LogP contribution in [0.25, 0.3) is 11.1 Å². The summed E-state index contributed by atoms with van der Waals surface area (Å²) in [6.07, 6.45) is -8.89. The number of aliphatic carboxylic acids is 2. The molecule has 2 bridgehead atoms. The van der Waals surface area contributed by atoms with Crippen LogP contribution in [0.2, 0.25) is 0 Å². The number of carbonyl (C=O) groups is 3. The zero-order valence-corrected chi connectivity index (χ0v) is 24.4. The Labute approximate surface area is 263 Å². The number of fused-ring (bicyclic) bond motifs is 3. The van der Waals surface area contributed by atoms with Crippen molar-refractivity contribution >= 4 is 17.8 Å². The van der Waals surface area contributed by atoms with Gasteiger partial charge in [0.1, 0.15) is 0 Å². The standard InChI is InChI=1S/C27H27N3O3.2C2HF3O2/c31-27(22-7-8-25-26(11-22)33-17-32-25)29-13-18-3-1-5-20(9-18)21-6-2-4-19(10-21)15-30-16-23-12-24(30)14-28-23;2*3-2(4,5)1(6)7/h1-11,23-24,28H,12-17H2,(H,29,31);2*(H,6,7)/t23-,24-;;/m0../s1. The highest BCUT2D eigenvalue weighted by atomic mass is 19.4. The molecule has 16 heteroatoms. The van der Waals surface area contributed by atoms with Crippen molar-refractivity contribution in [2.75, 3.05) is 19.9 Å². The summed E-state index contributed by atoms with van der Waals surface area (Å²) in [7, 11) is 0. The molecule has 3 aromatic carbocycles. The lowest BCUT2D eigenvalue weighted by atomic mass is 10.0. The summed E-state index contributed by atoms with van der Waals surface area (Å²) in [5.41, 5.74) is 5.35. The predicted molar refractivity (Wildman–Crippen MR) is 154 cm³/mol. The van der Waals surface area contributed by atoms with Crippen LogP contribution in [0.15, 0.2) is 66.7 Å². The Bertz CT molecular complexity index is 1570. The summed E-state index contributed by atoms with van der Waals surface area (Å²) < 4.78 is 74.2. The van der Waals surface area contributed by atoms with Crippen LogP contribution in [-0.4, -0.2) is 77.3 Å². The van der Waals surface area contributed by atoms with Gasteiger partial charge in [-0.05, 0) is 59.0 Å². The first-order chi connectivity index (χ1) is 22.1. The van der Waals surface area contributed by atoms with Gasteiger partial charge in [0.2, 0.25) is 6.79 Å². The number of hydrogen-bond donors (Lipinski definition) is 4. The number of halogens is 6. The number of carboxylic acids is 2. The molecule has 0 aromatic heterocycles. The average molecular weight is 670 g/mol. The van der Waals surface area contributed by atoms with Crippen LogP contribution < -0.4 is 20.1 Å². The summed E-state index contributed by atoms with van der Waals surface area (Å²) in [4.78, 5) is 33.0. The molecule has 3 aromatic rings. The normalized spacial score (nSPS) is 18.0. The minimum Gasteiger partial charge on any atom is -0.475 e. The van der Waals surface area contributed by atoms with E-state index in [1.807, 2.05) is 6.07 Å². The zero-order valence-electron chi connectivity index (χ0n) is 24.4. The first kappa shape index (κ1) is 35.0. The van der Waals surface area contributed by atoms with E-state index in [4.69, 9.17) is 29.3 Å². The van der Waals surface area contributed by atoms with E-state index < -0.39 is 24.3 Å². The van der Waals surface area contributed by atoms with Crippen LogP contribution in [0.1, 0.15) is 27.9 Å². The molecule has 4 N–H and O–H groups in total. The van der Waals surface area contributed by atoms with Crippen molar-refractivity contribution < 1.29 is 60.4 Å². The minimum absolute atomic E-state index is 0.130. The second-order valence-corrected chi connectivity index (χ2v) is 10.7. The molecule has 2 atom stereocenters. The molecule has 0 radical (unpaired) electrons. The number of benzene rings is 3. The van der Waals surface area contributed by atoms with Crippen molar-refractivity contribution in [2.24, 2.45) is 0 Å². The Hall–Kier alpha value is -4.83. The van der Waals surface area contributed by atoms with Crippen molar-refractivity contribution in [3.05, 3.63) is 83.4 Å². The van der Waals surface area contributed by atoms with Gasteiger partial charge in [-0.15, -0.1) is 0 Å². The lowest BCUT2D eigenvalue weighted by Crippen LogP contribution is -2.42. The number of nitrogens with zero attached hydrogens (tertiary/aromatic N) is 1. The summed E-state index contributed by atoms with van der Waals surface area (Å²) >= 11 is 0. The van der Waals surface area contributed by atoms with Crippen molar-refractivity contribution in [3.63, 3.8) is 0 Å². The number of likely N-dealkylation sites (tertiary alicyclic amines) is 1. The third kappa shape index (κ3) is 9.83. The molecule has 0 unspecified atom stereocenters. The van der Waals surface area contributed by atoms with Gasteiger partial charge in [-0.3, -0.25) is 9.69 Å². The molecule has 3 heterocycles. The van der Waals surface area contributed by atoms with Crippen LogP contribution in [0.3, 0.4) is 0 Å². The molecule has 10 nitrogen and oxygen atoms in total. The summed E-state index contributed by atoms with van der Waals surface area (Å²) in [5, 5.41) is 20.8. The third-order valence-electron chi connectivity index (χ3n) is 7.32. The predicted octanol–water partition coefficient (Wildman–Crippen LogP) is 4.83. The van der Waals surface area contributed by atoms with Crippen molar-refractivity contribution in [1.82, 2.24) is 15.5 Å². The van der Waals surface area contributed by atoms with Gasteiger partial charge in [0.15, 0.2) is 11.5 Å². The quantitative estimate of drug-likeness (QED) is 0.272. The maximum Gasteiger partial charge on any atom is 0.490 e. The molecule has 3 aliphatic rings. The van der Waals surface area contributed by atoms with E-state index in [2.05, 4.69) is 58.0 Å². The number of carboxylic acid groups (broad SMARTS) is 2. The van der Waals surface area contributed by atoms with E-state index in [0.29, 0.717) is 35.7 Å². The second-order valence-electron chi connectivity index (χ2n) is 10.7. The molecule has 0 aliphatic carbocycles. The van der Waals surface area contributed by atoms with Crippen LogP contribution in [-0.2, 0) is 22.7 Å². The van der Waals surface area contributed by atoms with Crippen LogP contribution in [0.4, 0.5) is 26.3 Å². The highest BCUT2D eigenvalue weighted by molar-refractivity contribution is 5.94. The Balaban J connectivity index is 0.000000301. The fraction of sp³-hybridized carbons (Fsp3) is 0.323. The van der Waals surface area contributed by atoms with Gasteiger partial charge >= 0.3 is 24.3 Å². The fourth-order valence-electron chi connectivity index (χ4n) is 5.11. The first-order valence-corrected chi connectivity index (χ1v) is 14.0. The van der Waals surface area contributed by atoms with Gasteiger partial charge in [-0.1, -0.05) is 36.4 Å². The van der Waals surface area contributed by atoms with Gasteiger partial charge in [0.05, 0.1) is 0 Å². The summed E-state index contributed by atoms with van der Waals surface area (Å²) in [6.45, 7) is 3.93. The molecule has 2 saturated heterocycles. The van der Waals surface area contributed by atoms with Gasteiger partial charge < -0.3 is 30.3 Å². The van der Waals surface area contributed by atoms with Gasteiger partial charge in [0, 0.05) is 43.8 Å². The Morgan fingerprint density at radius 3 is 1.96 bits per heavy atom. The van der Waals surface area contributed by atoms with E-state index in [-0.39, 0.29) is 12.7 Å². The largest absolute Gasteiger partial charge is 0.490 e. The molecule has 3 aliphatic heterocycles. The highest BCUT2D eigenvalue weighted by Crippen LogP contribution is 2.32. The summed E-state index contributed by atoms with van der Waals surface area (Å²) in [5.74, 6) is -4.35. The molecule has 2 fully saturated rings. The second kappa shape index (κ2) is 14.7. The molecule has 1 amide bonds. The van der Waals surface area contributed by atoms with Crippen molar-refractivity contribution in [3.8, 4) is 22.6 Å². The number of piperazine rings is 1. The van der Waals surface area contributed by atoms with E-state index >= 15 is 0 Å². The molecule has 0 spiro atoms. The van der Waals surface area contributed by atoms with E-state index in [9.17, 15) is 31.1 Å². The maximum atomic E-state index is 12.6. The Kier molecular flexibility index (Phi) is 11.0. The number of nitrogens with one attached hydrogen (secondary N) is 2. The fourth-order valence-corrected chi connectivity index (χ4v) is 5.11. The van der Waals surface area contributed by atoms with Gasteiger partial charge in [-0.25, -0.2) is 9.59 Å². The van der Waals surface area contributed by atoms with Crippen LogP contribution in [0.5, 0.6) is 11.5 Å². The highest BCUT2D eigenvalue weighted by Gasteiger charge is 2.39. The third-order valence-corrected chi connectivity index (χ3v) is 7.32. The number of hydrogen-bond acceptors (Lipinski definition) is 7. The Morgan fingerprint density at radius 2 is 1.40 bits per heavy atom. The van der Waals surface area contributed by atoms with Crippen LogP contribution in [0, 0.1) is 0 Å². The van der Waals surface area contributed by atoms with E-state index in [1.54, 1.807) is 18.2 Å². The molecule has 252 valence electrons. The lowest BCUT2D eigenvalue weighted by molar-refractivity contribution is -0.193. The number of alkyl halides is 6. The Morgan fingerprint density at radius 1 is 0.830 bits per heavy atom. The average Bonchev–Trinajstić information content (AvgIpc) is 3.77. The maximum absolute atomic E-state index is 12.6. The zero-order chi connectivity index (χ0) is 34.4. The minimum atomic E-state index is -5.08. The van der Waals surface area contributed by atoms with Gasteiger partial charge in [-0.2, -0.15) is 26.3 Å². The van der Waals surface area contributed by atoms with Crippen molar-refractivity contribution in [1.29, 1.82) is 0 Å². The number of ether oxygens (including phenoxy) is 2. The monoisotopic (exact) mass is 669 g/mol.